The zero-order chi connectivity index (χ0) is 10.9. The molecule has 1 heterocycles. The molecule has 3 atom stereocenters. The summed E-state index contributed by atoms with van der Waals surface area (Å²) in [6, 6.07) is 0.404. The Morgan fingerprint density at radius 2 is 2.00 bits per heavy atom. The molecule has 0 aromatic rings. The first-order valence-corrected chi connectivity index (χ1v) is 6.31. The predicted molar refractivity (Wildman–Crippen MR) is 62.5 cm³/mol. The van der Waals surface area contributed by atoms with Crippen LogP contribution in [-0.2, 0) is 4.79 Å². The summed E-state index contributed by atoms with van der Waals surface area (Å²) >= 11 is 3.47. The second kappa shape index (κ2) is 4.65. The Morgan fingerprint density at radius 1 is 1.43 bits per heavy atom. The number of alkyl halides is 1. The van der Waals surface area contributed by atoms with Gasteiger partial charge in [0.1, 0.15) is 0 Å². The average molecular weight is 262 g/mol. The largest absolute Gasteiger partial charge is 0.339 e. The molecule has 0 aromatic heterocycles. The molecule has 14 heavy (non-hydrogen) atoms. The lowest BCUT2D eigenvalue weighted by Gasteiger charge is -2.27. The number of carbonyl (C=O) groups is 1. The van der Waals surface area contributed by atoms with Crippen molar-refractivity contribution in [3.05, 3.63) is 0 Å². The van der Waals surface area contributed by atoms with Crippen LogP contribution in [-0.4, -0.2) is 28.2 Å². The molecule has 82 valence electrons. The first-order valence-electron chi connectivity index (χ1n) is 5.39. The minimum atomic E-state index is -0.0183. The standard InChI is InChI=1S/C11H20BrNO/c1-7(2)10(12)11(14)13-6-5-8(3)9(13)4/h7-10H,5-6H2,1-4H3. The lowest BCUT2D eigenvalue weighted by atomic mass is 10.0. The summed E-state index contributed by atoms with van der Waals surface area (Å²) in [6.07, 6.45) is 1.14. The van der Waals surface area contributed by atoms with Crippen LogP contribution in [0.15, 0.2) is 0 Å². The Labute approximate surface area is 95.2 Å². The van der Waals surface area contributed by atoms with Gasteiger partial charge in [-0.1, -0.05) is 36.7 Å². The van der Waals surface area contributed by atoms with Gasteiger partial charge in [0.25, 0.3) is 0 Å². The molecular formula is C11H20BrNO. The Kier molecular flexibility index (Phi) is 3.99. The summed E-state index contributed by atoms with van der Waals surface area (Å²) in [5.74, 6) is 1.27. The zero-order valence-corrected chi connectivity index (χ0v) is 11.0. The van der Waals surface area contributed by atoms with Gasteiger partial charge >= 0.3 is 0 Å². The van der Waals surface area contributed by atoms with Gasteiger partial charge in [0.05, 0.1) is 4.83 Å². The normalized spacial score (nSPS) is 29.7. The molecule has 0 saturated carbocycles. The van der Waals surface area contributed by atoms with Crippen molar-refractivity contribution in [2.75, 3.05) is 6.54 Å². The quantitative estimate of drug-likeness (QED) is 0.700. The van der Waals surface area contributed by atoms with Gasteiger partial charge in [-0.05, 0) is 25.2 Å². The van der Waals surface area contributed by atoms with Crippen LogP contribution in [0.2, 0.25) is 0 Å². The van der Waals surface area contributed by atoms with Crippen LogP contribution < -0.4 is 0 Å². The number of hydrogen-bond donors (Lipinski definition) is 0. The van der Waals surface area contributed by atoms with E-state index in [-0.39, 0.29) is 10.7 Å². The maximum atomic E-state index is 12.0. The predicted octanol–water partition coefficient (Wildman–Crippen LogP) is 2.66. The van der Waals surface area contributed by atoms with Crippen LogP contribution in [0.4, 0.5) is 0 Å². The summed E-state index contributed by atoms with van der Waals surface area (Å²) in [6.45, 7) is 9.44. The number of halogens is 1. The number of amides is 1. The number of carbonyl (C=O) groups excluding carboxylic acids is 1. The van der Waals surface area contributed by atoms with Gasteiger partial charge in [-0.25, -0.2) is 0 Å². The highest BCUT2D eigenvalue weighted by Crippen LogP contribution is 2.26. The van der Waals surface area contributed by atoms with E-state index in [1.54, 1.807) is 0 Å². The summed E-state index contributed by atoms with van der Waals surface area (Å²) in [7, 11) is 0. The fraction of sp³-hybridized carbons (Fsp3) is 0.909. The number of rotatable bonds is 2. The van der Waals surface area contributed by atoms with E-state index in [1.807, 2.05) is 4.90 Å². The third-order valence-corrected chi connectivity index (χ3v) is 4.69. The summed E-state index contributed by atoms with van der Waals surface area (Å²) in [4.78, 5) is 14.0. The van der Waals surface area contributed by atoms with Crippen molar-refractivity contribution in [2.24, 2.45) is 11.8 Å². The van der Waals surface area contributed by atoms with Gasteiger partial charge in [0, 0.05) is 12.6 Å². The molecule has 0 spiro atoms. The molecule has 1 aliphatic rings. The van der Waals surface area contributed by atoms with Crippen molar-refractivity contribution >= 4 is 21.8 Å². The van der Waals surface area contributed by atoms with Crippen LogP contribution in [0.5, 0.6) is 0 Å². The SMILES string of the molecule is CC(C)C(Br)C(=O)N1CCC(C)C1C. The van der Waals surface area contributed by atoms with E-state index in [1.165, 1.54) is 0 Å². The van der Waals surface area contributed by atoms with Crippen LogP contribution in [0.25, 0.3) is 0 Å². The third-order valence-electron chi connectivity index (χ3n) is 3.24. The number of likely N-dealkylation sites (tertiary alicyclic amines) is 1. The van der Waals surface area contributed by atoms with E-state index >= 15 is 0 Å². The molecule has 0 aliphatic carbocycles. The fourth-order valence-electron chi connectivity index (χ4n) is 1.85. The summed E-state index contributed by atoms with van der Waals surface area (Å²) in [5.41, 5.74) is 0. The molecule has 0 N–H and O–H groups in total. The van der Waals surface area contributed by atoms with Crippen molar-refractivity contribution < 1.29 is 4.79 Å². The van der Waals surface area contributed by atoms with Gasteiger partial charge in [0.2, 0.25) is 5.91 Å². The van der Waals surface area contributed by atoms with Crippen LogP contribution in [0.3, 0.4) is 0 Å². The van der Waals surface area contributed by atoms with Crippen LogP contribution in [0, 0.1) is 11.8 Å². The van der Waals surface area contributed by atoms with Crippen molar-refractivity contribution in [3.63, 3.8) is 0 Å². The van der Waals surface area contributed by atoms with E-state index in [0.29, 0.717) is 17.9 Å². The second-order valence-electron chi connectivity index (χ2n) is 4.68. The Morgan fingerprint density at radius 3 is 2.36 bits per heavy atom. The smallest absolute Gasteiger partial charge is 0.236 e. The van der Waals surface area contributed by atoms with Crippen LogP contribution >= 0.6 is 15.9 Å². The minimum absolute atomic E-state index is 0.0183. The van der Waals surface area contributed by atoms with Gasteiger partial charge in [0.15, 0.2) is 0 Å². The maximum absolute atomic E-state index is 12.0. The van der Waals surface area contributed by atoms with Crippen molar-refractivity contribution in [1.82, 2.24) is 4.90 Å². The zero-order valence-electron chi connectivity index (χ0n) is 9.46. The first kappa shape index (κ1) is 12.0. The lowest BCUT2D eigenvalue weighted by molar-refractivity contribution is -0.131. The summed E-state index contributed by atoms with van der Waals surface area (Å²) in [5, 5.41) is 0. The fourth-order valence-corrected chi connectivity index (χ4v) is 2.11. The highest BCUT2D eigenvalue weighted by atomic mass is 79.9. The number of nitrogens with zero attached hydrogens (tertiary/aromatic N) is 1. The molecule has 3 unspecified atom stereocenters. The molecule has 1 fully saturated rings. The lowest BCUT2D eigenvalue weighted by Crippen LogP contribution is -2.41. The molecule has 0 bridgehead atoms. The van der Waals surface area contributed by atoms with Crippen molar-refractivity contribution in [3.8, 4) is 0 Å². The van der Waals surface area contributed by atoms with E-state index in [2.05, 4.69) is 43.6 Å². The Balaban J connectivity index is 2.62. The molecule has 0 aromatic carbocycles. The molecule has 1 aliphatic heterocycles. The maximum Gasteiger partial charge on any atom is 0.236 e. The van der Waals surface area contributed by atoms with E-state index in [9.17, 15) is 4.79 Å². The Hall–Kier alpha value is -0.0500. The molecular weight excluding hydrogens is 242 g/mol. The van der Waals surface area contributed by atoms with E-state index in [0.717, 1.165) is 13.0 Å². The van der Waals surface area contributed by atoms with E-state index < -0.39 is 0 Å². The van der Waals surface area contributed by atoms with E-state index in [4.69, 9.17) is 0 Å². The first-order chi connectivity index (χ1) is 6.45. The van der Waals surface area contributed by atoms with Gasteiger partial charge in [-0.2, -0.15) is 0 Å². The van der Waals surface area contributed by atoms with Crippen molar-refractivity contribution in [1.29, 1.82) is 0 Å². The van der Waals surface area contributed by atoms with Gasteiger partial charge < -0.3 is 4.90 Å². The molecule has 1 amide bonds. The molecule has 3 heteroatoms. The van der Waals surface area contributed by atoms with Crippen molar-refractivity contribution in [2.45, 2.75) is 45.0 Å². The topological polar surface area (TPSA) is 20.3 Å². The average Bonchev–Trinajstić information content (AvgIpc) is 2.45. The molecule has 0 radical (unpaired) electrons. The highest BCUT2D eigenvalue weighted by Gasteiger charge is 2.34. The molecule has 2 nitrogen and oxygen atoms in total. The monoisotopic (exact) mass is 261 g/mol. The minimum Gasteiger partial charge on any atom is -0.339 e. The molecule has 1 rings (SSSR count). The highest BCUT2D eigenvalue weighted by molar-refractivity contribution is 9.10. The summed E-state index contributed by atoms with van der Waals surface area (Å²) < 4.78 is 0. The Bertz CT molecular complexity index is 217. The second-order valence-corrected chi connectivity index (χ2v) is 5.67. The van der Waals surface area contributed by atoms with Gasteiger partial charge in [-0.15, -0.1) is 0 Å². The third kappa shape index (κ3) is 2.30. The number of hydrogen-bond acceptors (Lipinski definition) is 1. The molecule has 1 saturated heterocycles. The van der Waals surface area contributed by atoms with Crippen LogP contribution in [0.1, 0.15) is 34.1 Å². The van der Waals surface area contributed by atoms with Gasteiger partial charge in [-0.3, -0.25) is 4.79 Å².